The number of carbonyl (C=O) groups is 1. The molecule has 2 atom stereocenters. The summed E-state index contributed by atoms with van der Waals surface area (Å²) in [6, 6.07) is 11.5. The number of amides is 1. The number of ether oxygens (including phenoxy) is 2. The third kappa shape index (κ3) is 4.74. The number of fused-ring (bicyclic) bond motifs is 2. The van der Waals surface area contributed by atoms with Gasteiger partial charge in [-0.2, -0.15) is 0 Å². The molecule has 0 spiro atoms. The van der Waals surface area contributed by atoms with Crippen LogP contribution in [0.1, 0.15) is 5.56 Å². The Kier molecular flexibility index (Phi) is 7.64. The first-order chi connectivity index (χ1) is 16.1. The maximum Gasteiger partial charge on any atom is 0.298 e. The zero-order valence-corrected chi connectivity index (χ0v) is 21.7. The van der Waals surface area contributed by atoms with Gasteiger partial charge in [-0.05, 0) is 47.3 Å². The Balaban J connectivity index is 0.00000274. The summed E-state index contributed by atoms with van der Waals surface area (Å²) in [6.07, 6.45) is 5.27. The third-order valence-electron chi connectivity index (χ3n) is 6.49. The van der Waals surface area contributed by atoms with E-state index in [9.17, 15) is 4.79 Å². The van der Waals surface area contributed by atoms with Crippen molar-refractivity contribution in [1.29, 1.82) is 0 Å². The first-order valence-corrected chi connectivity index (χ1v) is 10.9. The van der Waals surface area contributed by atoms with Crippen molar-refractivity contribution in [2.45, 2.75) is 6.54 Å². The molecule has 0 N–H and O–H groups in total. The molecule has 3 heterocycles. The molecule has 0 saturated carbocycles. The van der Waals surface area contributed by atoms with Gasteiger partial charge in [-0.1, -0.05) is 18.2 Å². The standard InChI is InChI=1S/C25H25N4O4.Sm/c1-4-23(30)29-14-17-12-28(13-18(17)15-29)11-16-9-21(32-3)24-22(10-16)33-27-25(24)26-19-7-5-6-8-20(19)31-2;/h1,5-10,17-18H,11-15H2,2-3H3;/q-1;. The van der Waals surface area contributed by atoms with E-state index in [0.717, 1.165) is 43.7 Å². The zero-order valence-electron chi connectivity index (χ0n) is 19.1. The molecule has 2 saturated heterocycles. The van der Waals surface area contributed by atoms with Gasteiger partial charge in [0.25, 0.3) is 5.91 Å². The van der Waals surface area contributed by atoms with Crippen LogP contribution < -0.4 is 9.47 Å². The van der Waals surface area contributed by atoms with Gasteiger partial charge < -0.3 is 24.2 Å². The largest absolute Gasteiger partial charge is 0.497 e. The van der Waals surface area contributed by atoms with Crippen LogP contribution in [0.5, 0.6) is 11.5 Å². The summed E-state index contributed by atoms with van der Waals surface area (Å²) in [5.74, 6) is 4.73. The Morgan fingerprint density at radius 1 is 1.15 bits per heavy atom. The molecule has 8 nitrogen and oxygen atoms in total. The van der Waals surface area contributed by atoms with Crippen LogP contribution in [0.4, 0.5) is 11.5 Å². The van der Waals surface area contributed by atoms with Crippen molar-refractivity contribution in [3.63, 3.8) is 0 Å². The molecule has 2 aliphatic rings. The molecule has 0 bridgehead atoms. The van der Waals surface area contributed by atoms with E-state index in [0.29, 0.717) is 40.4 Å². The molecule has 5 rings (SSSR count). The summed E-state index contributed by atoms with van der Waals surface area (Å²) in [4.78, 5) is 16.0. The number of hydrogen-bond donors (Lipinski definition) is 0. The average Bonchev–Trinajstić information content (AvgIpc) is 3.52. The summed E-state index contributed by atoms with van der Waals surface area (Å²) in [6.45, 7) is 4.11. The minimum atomic E-state index is -0.203. The molecule has 34 heavy (non-hydrogen) atoms. The predicted molar refractivity (Wildman–Crippen MR) is 124 cm³/mol. The summed E-state index contributed by atoms with van der Waals surface area (Å²) in [5.41, 5.74) is 2.38. The van der Waals surface area contributed by atoms with E-state index < -0.39 is 0 Å². The molecule has 2 fully saturated rings. The summed E-state index contributed by atoms with van der Waals surface area (Å²) >= 11 is 0. The first-order valence-electron chi connectivity index (χ1n) is 10.9. The van der Waals surface area contributed by atoms with E-state index in [4.69, 9.17) is 20.4 Å². The molecule has 176 valence electrons. The van der Waals surface area contributed by atoms with Crippen LogP contribution in [0.15, 0.2) is 40.9 Å². The van der Waals surface area contributed by atoms with Crippen LogP contribution >= 0.6 is 0 Å². The molecule has 3 aromatic rings. The van der Waals surface area contributed by atoms with Crippen molar-refractivity contribution in [1.82, 2.24) is 15.0 Å². The van der Waals surface area contributed by atoms with E-state index in [1.165, 1.54) is 0 Å². The van der Waals surface area contributed by atoms with Gasteiger partial charge in [-0.3, -0.25) is 14.9 Å². The van der Waals surface area contributed by atoms with Crippen LogP contribution in [0.25, 0.3) is 16.3 Å². The van der Waals surface area contributed by atoms with E-state index >= 15 is 0 Å². The number of aromatic nitrogens is 1. The molecule has 9 heteroatoms. The second kappa shape index (κ2) is 10.5. The number of likely N-dealkylation sites (tertiary alicyclic amines) is 2. The minimum absolute atomic E-state index is 0. The van der Waals surface area contributed by atoms with Gasteiger partial charge in [0.1, 0.15) is 17.1 Å². The fraction of sp³-hybridized carbons (Fsp3) is 0.360. The van der Waals surface area contributed by atoms with E-state index in [1.54, 1.807) is 19.1 Å². The molecule has 0 radical (unpaired) electrons. The van der Waals surface area contributed by atoms with Crippen molar-refractivity contribution >= 4 is 28.4 Å². The quantitative estimate of drug-likeness (QED) is 0.405. The number of methoxy groups -OCH3 is 2. The number of carbonyl (C=O) groups excluding carboxylic acids is 1. The predicted octanol–water partition coefficient (Wildman–Crippen LogP) is 3.71. The topological polar surface area (TPSA) is 82.1 Å². The van der Waals surface area contributed by atoms with Crippen molar-refractivity contribution in [2.75, 3.05) is 40.4 Å². The van der Waals surface area contributed by atoms with Gasteiger partial charge in [-0.15, -0.1) is 6.42 Å². The van der Waals surface area contributed by atoms with Crippen molar-refractivity contribution in [3.8, 4) is 23.8 Å². The Morgan fingerprint density at radius 2 is 1.85 bits per heavy atom. The third-order valence-corrected chi connectivity index (χ3v) is 6.49. The van der Waals surface area contributed by atoms with Gasteiger partial charge in [-0.25, -0.2) is 0 Å². The molecular formula is C25H25N4O4Sm-. The maximum absolute atomic E-state index is 11.8. The first kappa shape index (κ1) is 24.8. The summed E-state index contributed by atoms with van der Waals surface area (Å²) in [7, 11) is 3.24. The number of terminal acetylenes is 1. The number of para-hydroxylation sites is 2. The molecule has 1 amide bonds. The van der Waals surface area contributed by atoms with Gasteiger partial charge >= 0.3 is 0 Å². The van der Waals surface area contributed by atoms with Gasteiger partial charge in [0.15, 0.2) is 0 Å². The van der Waals surface area contributed by atoms with Crippen molar-refractivity contribution in [3.05, 3.63) is 47.3 Å². The van der Waals surface area contributed by atoms with Crippen LogP contribution in [-0.2, 0) is 11.3 Å². The van der Waals surface area contributed by atoms with Gasteiger partial charge in [0, 0.05) is 78.8 Å². The van der Waals surface area contributed by atoms with Crippen molar-refractivity contribution < 1.29 is 59.2 Å². The van der Waals surface area contributed by atoms with Crippen LogP contribution in [0.2, 0.25) is 0 Å². The molecular weight excluding hydrogens is 571 g/mol. The second-order valence-electron chi connectivity index (χ2n) is 8.53. The number of rotatable bonds is 6. The maximum atomic E-state index is 11.8. The van der Waals surface area contributed by atoms with E-state index in [2.05, 4.69) is 21.3 Å². The minimum Gasteiger partial charge on any atom is -0.497 e. The molecule has 0 aliphatic carbocycles. The smallest absolute Gasteiger partial charge is 0.298 e. The zero-order chi connectivity index (χ0) is 22.9. The Bertz CT molecular complexity index is 1220. The van der Waals surface area contributed by atoms with Crippen LogP contribution in [-0.4, -0.2) is 61.3 Å². The number of benzene rings is 2. The Labute approximate surface area is 231 Å². The molecule has 2 aliphatic heterocycles. The average molecular weight is 596 g/mol. The normalized spacial score (nSPS) is 19.4. The van der Waals surface area contributed by atoms with Crippen LogP contribution in [0, 0.1) is 64.6 Å². The Hall–Kier alpha value is -2.36. The Morgan fingerprint density at radius 3 is 2.53 bits per heavy atom. The monoisotopic (exact) mass is 597 g/mol. The van der Waals surface area contributed by atoms with Crippen LogP contribution in [0.3, 0.4) is 0 Å². The molecule has 1 aromatic heterocycles. The fourth-order valence-electron chi connectivity index (χ4n) is 4.97. The van der Waals surface area contributed by atoms with Crippen molar-refractivity contribution in [2.24, 2.45) is 11.8 Å². The van der Waals surface area contributed by atoms with Gasteiger partial charge in [0.2, 0.25) is 0 Å². The summed E-state index contributed by atoms with van der Waals surface area (Å²) < 4.78 is 16.7. The van der Waals surface area contributed by atoms with E-state index in [1.807, 2.05) is 36.4 Å². The summed E-state index contributed by atoms with van der Waals surface area (Å²) in [5, 5.41) is 9.55. The molecule has 2 unspecified atom stereocenters. The number of hydrogen-bond acceptors (Lipinski definition) is 6. The number of nitrogens with zero attached hydrogens (tertiary/aromatic N) is 4. The fourth-order valence-corrected chi connectivity index (χ4v) is 4.97. The molecule has 2 aromatic carbocycles. The van der Waals surface area contributed by atoms with Gasteiger partial charge in [0.05, 0.1) is 19.6 Å². The van der Waals surface area contributed by atoms with E-state index in [-0.39, 0.29) is 46.3 Å². The SMILES string of the molecule is C#CC(=O)N1CC2CN(Cc3cc(OC)c4c([N-]c5ccccc5OC)noc4c3)CC2C1.[Sm]. The second-order valence-corrected chi connectivity index (χ2v) is 8.53.